The number of rotatable bonds is 4. The highest BCUT2D eigenvalue weighted by molar-refractivity contribution is 7.71. The lowest BCUT2D eigenvalue weighted by Crippen LogP contribution is -1.99. The first-order valence-electron chi connectivity index (χ1n) is 6.67. The fraction of sp³-hybridized carbons (Fsp3) is 0.188. The van der Waals surface area contributed by atoms with Crippen molar-refractivity contribution in [1.82, 2.24) is 9.55 Å². The van der Waals surface area contributed by atoms with Gasteiger partial charge in [-0.05, 0) is 36.8 Å². The number of fused-ring (bicyclic) bond motifs is 1. The smallest absolute Gasteiger partial charge is 0.178 e. The number of imidazole rings is 1. The van der Waals surface area contributed by atoms with Gasteiger partial charge < -0.3 is 14.3 Å². The highest BCUT2D eigenvalue weighted by Gasteiger charge is 2.06. The molecular weight excluding hydrogens is 268 g/mol. The van der Waals surface area contributed by atoms with Crippen molar-refractivity contribution < 1.29 is 4.74 Å². The van der Waals surface area contributed by atoms with E-state index >= 15 is 0 Å². The lowest BCUT2D eigenvalue weighted by atomic mass is 10.2. The van der Waals surface area contributed by atoms with Gasteiger partial charge in [-0.3, -0.25) is 0 Å². The highest BCUT2D eigenvalue weighted by Crippen LogP contribution is 2.21. The van der Waals surface area contributed by atoms with Crippen molar-refractivity contribution in [2.75, 3.05) is 6.61 Å². The molecule has 0 unspecified atom stereocenters. The number of hydrogen-bond acceptors (Lipinski definition) is 2. The van der Waals surface area contributed by atoms with E-state index in [2.05, 4.69) is 27.8 Å². The topological polar surface area (TPSA) is 29.9 Å². The normalized spacial score (nSPS) is 10.8. The van der Waals surface area contributed by atoms with Crippen LogP contribution in [0.25, 0.3) is 11.0 Å². The molecule has 0 amide bonds. The molecule has 102 valence electrons. The number of H-pyrrole nitrogens is 1. The molecule has 0 aliphatic rings. The Morgan fingerprint density at radius 1 is 1.15 bits per heavy atom. The first-order valence-corrected chi connectivity index (χ1v) is 7.08. The second-order valence-corrected chi connectivity index (χ2v) is 5.00. The van der Waals surface area contributed by atoms with Crippen LogP contribution in [0.15, 0.2) is 48.5 Å². The largest absolute Gasteiger partial charge is 0.494 e. The third-order valence-corrected chi connectivity index (χ3v) is 3.56. The van der Waals surface area contributed by atoms with Gasteiger partial charge in [0.25, 0.3) is 0 Å². The van der Waals surface area contributed by atoms with Gasteiger partial charge in [-0.2, -0.15) is 0 Å². The molecule has 0 radical (unpaired) electrons. The monoisotopic (exact) mass is 284 g/mol. The van der Waals surface area contributed by atoms with Crippen molar-refractivity contribution in [3.05, 3.63) is 58.9 Å². The van der Waals surface area contributed by atoms with E-state index in [4.69, 9.17) is 17.0 Å². The number of ether oxygens (including phenoxy) is 1. The first kappa shape index (κ1) is 12.9. The van der Waals surface area contributed by atoms with Gasteiger partial charge in [-0.15, -0.1) is 0 Å². The maximum atomic E-state index is 5.52. The average molecular weight is 284 g/mol. The summed E-state index contributed by atoms with van der Waals surface area (Å²) in [5.74, 6) is 0.864. The molecule has 1 heterocycles. The van der Waals surface area contributed by atoms with Gasteiger partial charge in [0.2, 0.25) is 0 Å². The van der Waals surface area contributed by atoms with Crippen LogP contribution in [-0.4, -0.2) is 16.2 Å². The standard InChI is InChI=1S/C16H16N2OS/c1-2-19-13-8-9-15-14(10-13)17-16(20)18(15)11-12-6-4-3-5-7-12/h3-10H,2,11H2,1H3,(H,17,20). The molecule has 0 aliphatic heterocycles. The van der Waals surface area contributed by atoms with Crippen LogP contribution >= 0.6 is 12.2 Å². The summed E-state index contributed by atoms with van der Waals surface area (Å²) < 4.78 is 8.36. The van der Waals surface area contributed by atoms with Crippen LogP contribution in [0.1, 0.15) is 12.5 Å². The molecule has 1 N–H and O–H groups in total. The summed E-state index contributed by atoms with van der Waals surface area (Å²) >= 11 is 5.43. The molecule has 3 aromatic rings. The van der Waals surface area contributed by atoms with E-state index in [1.54, 1.807) is 0 Å². The lowest BCUT2D eigenvalue weighted by Gasteiger charge is -2.06. The summed E-state index contributed by atoms with van der Waals surface area (Å²) in [5.41, 5.74) is 3.34. The highest BCUT2D eigenvalue weighted by atomic mass is 32.1. The Morgan fingerprint density at radius 2 is 1.95 bits per heavy atom. The van der Waals surface area contributed by atoms with Gasteiger partial charge in [0, 0.05) is 6.07 Å². The van der Waals surface area contributed by atoms with Crippen molar-refractivity contribution in [3.8, 4) is 5.75 Å². The number of aromatic amines is 1. The molecule has 20 heavy (non-hydrogen) atoms. The summed E-state index contributed by atoms with van der Waals surface area (Å²) in [6, 6.07) is 16.3. The van der Waals surface area contributed by atoms with Crippen LogP contribution in [0.4, 0.5) is 0 Å². The van der Waals surface area contributed by atoms with Crippen LogP contribution in [0.3, 0.4) is 0 Å². The Labute approximate surface area is 122 Å². The van der Waals surface area contributed by atoms with Crippen molar-refractivity contribution in [2.24, 2.45) is 0 Å². The van der Waals surface area contributed by atoms with Gasteiger partial charge in [0.1, 0.15) is 5.75 Å². The molecule has 0 fully saturated rings. The number of hydrogen-bond donors (Lipinski definition) is 1. The third-order valence-electron chi connectivity index (χ3n) is 3.24. The number of aromatic nitrogens is 2. The van der Waals surface area contributed by atoms with Gasteiger partial charge in [-0.25, -0.2) is 0 Å². The summed E-state index contributed by atoms with van der Waals surface area (Å²) in [6.07, 6.45) is 0. The van der Waals surface area contributed by atoms with Gasteiger partial charge in [-0.1, -0.05) is 30.3 Å². The summed E-state index contributed by atoms with van der Waals surface area (Å²) in [4.78, 5) is 3.24. The van der Waals surface area contributed by atoms with Crippen LogP contribution < -0.4 is 4.74 Å². The van der Waals surface area contributed by atoms with E-state index < -0.39 is 0 Å². The Morgan fingerprint density at radius 3 is 2.70 bits per heavy atom. The Kier molecular flexibility index (Phi) is 3.56. The zero-order chi connectivity index (χ0) is 13.9. The molecule has 2 aromatic carbocycles. The molecular formula is C16H16N2OS. The molecule has 0 bridgehead atoms. The molecule has 3 nitrogen and oxygen atoms in total. The summed E-state index contributed by atoms with van der Waals surface area (Å²) in [5, 5.41) is 0. The van der Waals surface area contributed by atoms with Gasteiger partial charge >= 0.3 is 0 Å². The van der Waals surface area contributed by atoms with Crippen molar-refractivity contribution in [3.63, 3.8) is 0 Å². The summed E-state index contributed by atoms with van der Waals surface area (Å²) in [6.45, 7) is 3.41. The average Bonchev–Trinajstić information content (AvgIpc) is 2.76. The van der Waals surface area contributed by atoms with E-state index in [0.29, 0.717) is 6.61 Å². The first-order chi connectivity index (χ1) is 9.78. The van der Waals surface area contributed by atoms with E-state index in [9.17, 15) is 0 Å². The molecule has 4 heteroatoms. The van der Waals surface area contributed by atoms with Crippen molar-refractivity contribution in [1.29, 1.82) is 0 Å². The quantitative estimate of drug-likeness (QED) is 0.730. The van der Waals surface area contributed by atoms with Crippen LogP contribution in [0, 0.1) is 4.77 Å². The zero-order valence-corrected chi connectivity index (χ0v) is 12.1. The van der Waals surface area contributed by atoms with Crippen molar-refractivity contribution >= 4 is 23.3 Å². The Hall–Kier alpha value is -2.07. The number of benzene rings is 2. The second-order valence-electron chi connectivity index (χ2n) is 4.61. The van der Waals surface area contributed by atoms with E-state index in [0.717, 1.165) is 28.1 Å². The number of nitrogens with one attached hydrogen (secondary N) is 1. The third kappa shape index (κ3) is 2.47. The SMILES string of the molecule is CCOc1ccc2c(c1)[nH]c(=S)n2Cc1ccccc1. The van der Waals surface area contributed by atoms with Gasteiger partial charge in [0.05, 0.1) is 24.2 Å². The van der Waals surface area contributed by atoms with Crippen LogP contribution in [0.5, 0.6) is 5.75 Å². The fourth-order valence-electron chi connectivity index (χ4n) is 2.32. The van der Waals surface area contributed by atoms with E-state index in [1.807, 2.05) is 37.3 Å². The molecule has 0 spiro atoms. The predicted octanol–water partition coefficient (Wildman–Crippen LogP) is 4.15. The molecule has 1 aromatic heterocycles. The molecule has 0 aliphatic carbocycles. The molecule has 0 saturated carbocycles. The molecule has 0 atom stereocenters. The van der Waals surface area contributed by atoms with Crippen molar-refractivity contribution in [2.45, 2.75) is 13.5 Å². The second kappa shape index (κ2) is 5.51. The van der Waals surface area contributed by atoms with E-state index in [-0.39, 0.29) is 0 Å². The molecule has 0 saturated heterocycles. The minimum Gasteiger partial charge on any atom is -0.494 e. The molecule has 3 rings (SSSR count). The zero-order valence-electron chi connectivity index (χ0n) is 11.3. The Bertz CT molecular complexity index is 774. The maximum absolute atomic E-state index is 5.52. The summed E-state index contributed by atoms with van der Waals surface area (Å²) in [7, 11) is 0. The minimum atomic E-state index is 0.664. The van der Waals surface area contributed by atoms with Crippen LogP contribution in [0.2, 0.25) is 0 Å². The van der Waals surface area contributed by atoms with Gasteiger partial charge in [0.15, 0.2) is 4.77 Å². The lowest BCUT2D eigenvalue weighted by molar-refractivity contribution is 0.340. The fourth-order valence-corrected chi connectivity index (χ4v) is 2.60. The Balaban J connectivity index is 2.03. The maximum Gasteiger partial charge on any atom is 0.178 e. The predicted molar refractivity (Wildman–Crippen MR) is 83.8 cm³/mol. The number of nitrogens with zero attached hydrogens (tertiary/aromatic N) is 1. The minimum absolute atomic E-state index is 0.664. The van der Waals surface area contributed by atoms with E-state index in [1.165, 1.54) is 5.56 Å². The van der Waals surface area contributed by atoms with Crippen LogP contribution in [-0.2, 0) is 6.54 Å².